The summed E-state index contributed by atoms with van der Waals surface area (Å²) in [5, 5.41) is 0. The van der Waals surface area contributed by atoms with Crippen LogP contribution >= 0.6 is 50.5 Å². The Labute approximate surface area is 129 Å². The molecule has 3 nitrogen and oxygen atoms in total. The summed E-state index contributed by atoms with van der Waals surface area (Å²) in [5.74, 6) is 0.340. The van der Waals surface area contributed by atoms with Gasteiger partial charge >= 0.3 is 0 Å². The van der Waals surface area contributed by atoms with Crippen LogP contribution in [0.4, 0.5) is 0 Å². The second-order valence-electron chi connectivity index (χ2n) is 4.25. The lowest BCUT2D eigenvalue weighted by Crippen LogP contribution is -2.31. The zero-order chi connectivity index (χ0) is 13.3. The zero-order valence-corrected chi connectivity index (χ0v) is 14.1. The lowest BCUT2D eigenvalue weighted by molar-refractivity contribution is 0.530. The van der Waals surface area contributed by atoms with Gasteiger partial charge in [-0.2, -0.15) is 0 Å². The predicted molar refractivity (Wildman–Crippen MR) is 79.6 cm³/mol. The average molecular weight is 393 g/mol. The summed E-state index contributed by atoms with van der Waals surface area (Å²) < 4.78 is 27.3. The fraction of sp³-hybridized carbons (Fsp3) is 0.600. The van der Waals surface area contributed by atoms with E-state index in [4.69, 9.17) is 23.2 Å². The number of nitrogens with one attached hydrogen (secondary N) is 1. The van der Waals surface area contributed by atoms with E-state index in [1.54, 1.807) is 0 Å². The van der Waals surface area contributed by atoms with Crippen molar-refractivity contribution in [2.45, 2.75) is 29.0 Å². The molecule has 0 aromatic carbocycles. The van der Waals surface area contributed by atoms with Crippen molar-refractivity contribution in [2.24, 2.45) is 5.92 Å². The van der Waals surface area contributed by atoms with Crippen molar-refractivity contribution in [1.82, 2.24) is 4.72 Å². The van der Waals surface area contributed by atoms with E-state index in [1.807, 2.05) is 0 Å². The van der Waals surface area contributed by atoms with E-state index in [0.29, 0.717) is 21.6 Å². The molecule has 2 atom stereocenters. The summed E-state index contributed by atoms with van der Waals surface area (Å²) in [7, 11) is -3.56. The van der Waals surface area contributed by atoms with Gasteiger partial charge in [0, 0.05) is 11.4 Å². The van der Waals surface area contributed by atoms with Crippen molar-refractivity contribution < 1.29 is 8.42 Å². The minimum Gasteiger partial charge on any atom is -0.211 e. The molecule has 1 saturated carbocycles. The highest BCUT2D eigenvalue weighted by atomic mass is 79.9. The highest BCUT2D eigenvalue weighted by Crippen LogP contribution is 2.35. The van der Waals surface area contributed by atoms with Crippen molar-refractivity contribution in [3.05, 3.63) is 14.7 Å². The van der Waals surface area contributed by atoms with Crippen molar-refractivity contribution in [3.63, 3.8) is 0 Å². The molecule has 1 aliphatic rings. The molecule has 8 heteroatoms. The largest absolute Gasteiger partial charge is 0.242 e. The molecule has 0 bridgehead atoms. The van der Waals surface area contributed by atoms with Crippen molar-refractivity contribution in [3.8, 4) is 0 Å². The van der Waals surface area contributed by atoms with E-state index in [2.05, 4.69) is 20.7 Å². The molecule has 2 rings (SSSR count). The number of sulfonamides is 1. The van der Waals surface area contributed by atoms with Gasteiger partial charge in [0.15, 0.2) is 0 Å². The van der Waals surface area contributed by atoms with Crippen molar-refractivity contribution >= 4 is 60.5 Å². The van der Waals surface area contributed by atoms with Crippen molar-refractivity contribution in [2.75, 3.05) is 6.54 Å². The monoisotopic (exact) mass is 391 g/mol. The van der Waals surface area contributed by atoms with Gasteiger partial charge in [0.05, 0.1) is 4.34 Å². The van der Waals surface area contributed by atoms with Crippen LogP contribution in [0.2, 0.25) is 8.67 Å². The average Bonchev–Trinajstić information content (AvgIpc) is 2.82. The third-order valence-electron chi connectivity index (χ3n) is 3.02. The first-order valence-electron chi connectivity index (χ1n) is 5.48. The van der Waals surface area contributed by atoms with Crippen LogP contribution in [0.1, 0.15) is 19.3 Å². The van der Waals surface area contributed by atoms with Crippen LogP contribution in [0.15, 0.2) is 11.0 Å². The molecule has 18 heavy (non-hydrogen) atoms. The molecular formula is C10H12BrCl2NO2S2. The minimum absolute atomic E-state index is 0.0725. The summed E-state index contributed by atoms with van der Waals surface area (Å²) in [5.41, 5.74) is 0. The van der Waals surface area contributed by atoms with Gasteiger partial charge in [0.1, 0.15) is 9.23 Å². The number of thiophene rings is 1. The number of hydrogen-bond acceptors (Lipinski definition) is 3. The standard InChI is InChI=1S/C10H12BrCl2NO2S2/c11-7-3-1-2-6(7)5-14-18(15,16)8-4-9(12)17-10(8)13/h4,6-7,14H,1-3,5H2. The van der Waals surface area contributed by atoms with Gasteiger partial charge in [0.2, 0.25) is 10.0 Å². The lowest BCUT2D eigenvalue weighted by Gasteiger charge is -2.14. The van der Waals surface area contributed by atoms with Gasteiger partial charge in [-0.25, -0.2) is 13.1 Å². The highest BCUT2D eigenvalue weighted by molar-refractivity contribution is 9.09. The quantitative estimate of drug-likeness (QED) is 0.789. The van der Waals surface area contributed by atoms with E-state index in [-0.39, 0.29) is 9.23 Å². The molecule has 1 heterocycles. The fourth-order valence-corrected chi connectivity index (χ4v) is 6.04. The van der Waals surface area contributed by atoms with Gasteiger partial charge in [-0.15, -0.1) is 11.3 Å². The summed E-state index contributed by atoms with van der Waals surface area (Å²) in [6, 6.07) is 1.39. The van der Waals surface area contributed by atoms with Crippen LogP contribution in [0.5, 0.6) is 0 Å². The second kappa shape index (κ2) is 5.97. The molecule has 1 N–H and O–H groups in total. The normalized spacial score (nSPS) is 24.6. The Morgan fingerprint density at radius 2 is 2.17 bits per heavy atom. The third kappa shape index (κ3) is 3.41. The fourth-order valence-electron chi connectivity index (χ4n) is 2.02. The molecular weight excluding hydrogens is 381 g/mol. The van der Waals surface area contributed by atoms with Crippen LogP contribution in [-0.4, -0.2) is 19.8 Å². The molecule has 1 aliphatic carbocycles. The van der Waals surface area contributed by atoms with Crippen LogP contribution in [0, 0.1) is 5.92 Å². The number of rotatable bonds is 4. The molecule has 1 aromatic heterocycles. The topological polar surface area (TPSA) is 46.2 Å². The summed E-state index contributed by atoms with van der Waals surface area (Å²) >= 11 is 16.2. The predicted octanol–water partition coefficient (Wildman–Crippen LogP) is 3.90. The Bertz CT molecular complexity index is 532. The Morgan fingerprint density at radius 1 is 1.44 bits per heavy atom. The third-order valence-corrected chi connectivity index (χ3v) is 7.40. The number of hydrogen-bond donors (Lipinski definition) is 1. The maximum Gasteiger partial charge on any atom is 0.242 e. The maximum absolute atomic E-state index is 12.1. The van der Waals surface area contributed by atoms with E-state index < -0.39 is 10.0 Å². The second-order valence-corrected chi connectivity index (χ2v) is 9.44. The van der Waals surface area contributed by atoms with Gasteiger partial charge in [-0.05, 0) is 24.8 Å². The zero-order valence-electron chi connectivity index (χ0n) is 9.33. The molecule has 0 radical (unpaired) electrons. The Balaban J connectivity index is 2.06. The van der Waals surface area contributed by atoms with Gasteiger partial charge < -0.3 is 0 Å². The maximum atomic E-state index is 12.1. The smallest absolute Gasteiger partial charge is 0.211 e. The molecule has 0 spiro atoms. The number of alkyl halides is 1. The SMILES string of the molecule is O=S(=O)(NCC1CCCC1Br)c1cc(Cl)sc1Cl. The molecule has 1 fully saturated rings. The van der Waals surface area contributed by atoms with Crippen LogP contribution in [-0.2, 0) is 10.0 Å². The first-order chi connectivity index (χ1) is 8.40. The van der Waals surface area contributed by atoms with Gasteiger partial charge in [-0.3, -0.25) is 0 Å². The molecule has 0 aliphatic heterocycles. The minimum atomic E-state index is -3.56. The lowest BCUT2D eigenvalue weighted by atomic mass is 10.1. The molecule has 0 saturated heterocycles. The summed E-state index contributed by atoms with van der Waals surface area (Å²) in [6.07, 6.45) is 3.27. The van der Waals surface area contributed by atoms with Crippen molar-refractivity contribution in [1.29, 1.82) is 0 Å². The summed E-state index contributed by atoms with van der Waals surface area (Å²) in [6.45, 7) is 0.433. The van der Waals surface area contributed by atoms with Crippen LogP contribution < -0.4 is 4.72 Å². The first kappa shape index (κ1) is 15.1. The Hall–Kier alpha value is 0.670. The Morgan fingerprint density at radius 3 is 2.67 bits per heavy atom. The molecule has 2 unspecified atom stereocenters. The van der Waals surface area contributed by atoms with E-state index >= 15 is 0 Å². The van der Waals surface area contributed by atoms with Crippen LogP contribution in [0.3, 0.4) is 0 Å². The first-order valence-corrected chi connectivity index (χ1v) is 9.46. The van der Waals surface area contributed by atoms with Gasteiger partial charge in [0.25, 0.3) is 0 Å². The molecule has 102 valence electrons. The van der Waals surface area contributed by atoms with E-state index in [0.717, 1.165) is 30.6 Å². The van der Waals surface area contributed by atoms with Gasteiger partial charge in [-0.1, -0.05) is 45.6 Å². The van der Waals surface area contributed by atoms with Crippen LogP contribution in [0.25, 0.3) is 0 Å². The van der Waals surface area contributed by atoms with E-state index in [9.17, 15) is 8.42 Å². The molecule has 0 amide bonds. The number of halogens is 3. The highest BCUT2D eigenvalue weighted by Gasteiger charge is 2.27. The summed E-state index contributed by atoms with van der Waals surface area (Å²) in [4.78, 5) is 0.463. The Kier molecular flexibility index (Phi) is 5.00. The molecule has 1 aromatic rings. The van der Waals surface area contributed by atoms with E-state index in [1.165, 1.54) is 6.07 Å².